The smallest absolute Gasteiger partial charge is 0.329 e. The molecule has 0 bridgehead atoms. The van der Waals surface area contributed by atoms with Gasteiger partial charge >= 0.3 is 11.8 Å². The van der Waals surface area contributed by atoms with E-state index in [1.165, 1.54) is 12.5 Å². The minimum absolute atomic E-state index is 0.477. The summed E-state index contributed by atoms with van der Waals surface area (Å²) in [5.41, 5.74) is 4.60. The summed E-state index contributed by atoms with van der Waals surface area (Å²) in [6.45, 7) is 3.75. The Kier molecular flexibility index (Phi) is 4.50. The number of anilines is 1. The first kappa shape index (κ1) is 14.5. The standard InChI is InChI=1S/C15H15N3O3/c1-10-5-6-11(2)13(8-10)17-14(19)15(20)18-16-9-12-4-3-7-21-12/h3-9H,1-2H3,(H,17,19)(H,18,20)/b16-9-. The van der Waals surface area contributed by atoms with Gasteiger partial charge in [-0.1, -0.05) is 12.1 Å². The Morgan fingerprint density at radius 3 is 2.71 bits per heavy atom. The Hall–Kier alpha value is -2.89. The van der Waals surface area contributed by atoms with Crippen molar-refractivity contribution in [3.63, 3.8) is 0 Å². The third kappa shape index (κ3) is 4.04. The van der Waals surface area contributed by atoms with Crippen LogP contribution in [0.2, 0.25) is 0 Å². The lowest BCUT2D eigenvalue weighted by atomic mass is 10.1. The molecule has 2 amide bonds. The second kappa shape index (κ2) is 6.51. The van der Waals surface area contributed by atoms with Gasteiger partial charge in [0.1, 0.15) is 5.76 Å². The van der Waals surface area contributed by atoms with Gasteiger partial charge in [-0.2, -0.15) is 5.10 Å². The first-order valence-corrected chi connectivity index (χ1v) is 6.31. The van der Waals surface area contributed by atoms with Crippen molar-refractivity contribution in [3.05, 3.63) is 53.5 Å². The highest BCUT2D eigenvalue weighted by molar-refractivity contribution is 6.39. The number of benzene rings is 1. The largest absolute Gasteiger partial charge is 0.463 e. The third-order valence-electron chi connectivity index (χ3n) is 2.75. The molecule has 1 aromatic carbocycles. The molecule has 0 unspecified atom stereocenters. The number of hydrogen-bond acceptors (Lipinski definition) is 4. The van der Waals surface area contributed by atoms with E-state index in [2.05, 4.69) is 15.8 Å². The molecule has 2 rings (SSSR count). The molecular formula is C15H15N3O3. The fraction of sp³-hybridized carbons (Fsp3) is 0.133. The van der Waals surface area contributed by atoms with Crippen LogP contribution >= 0.6 is 0 Å². The van der Waals surface area contributed by atoms with Crippen molar-refractivity contribution in [3.8, 4) is 0 Å². The molecular weight excluding hydrogens is 270 g/mol. The molecule has 0 atom stereocenters. The van der Waals surface area contributed by atoms with Gasteiger partial charge in [0.25, 0.3) is 0 Å². The summed E-state index contributed by atoms with van der Waals surface area (Å²) in [5, 5.41) is 6.18. The van der Waals surface area contributed by atoms with Gasteiger partial charge in [-0.25, -0.2) is 5.43 Å². The molecule has 0 radical (unpaired) electrons. The highest BCUT2D eigenvalue weighted by Crippen LogP contribution is 2.15. The summed E-state index contributed by atoms with van der Waals surface area (Å²) in [5.74, 6) is -1.15. The molecule has 6 heteroatoms. The molecule has 21 heavy (non-hydrogen) atoms. The zero-order chi connectivity index (χ0) is 15.2. The number of amides is 2. The number of aryl methyl sites for hydroxylation is 2. The minimum Gasteiger partial charge on any atom is -0.463 e. The Labute approximate surface area is 121 Å². The van der Waals surface area contributed by atoms with Crippen molar-refractivity contribution in [2.45, 2.75) is 13.8 Å². The Balaban J connectivity index is 1.93. The van der Waals surface area contributed by atoms with Gasteiger partial charge in [0.05, 0.1) is 12.5 Å². The number of carbonyl (C=O) groups is 2. The zero-order valence-electron chi connectivity index (χ0n) is 11.7. The Morgan fingerprint density at radius 1 is 1.19 bits per heavy atom. The van der Waals surface area contributed by atoms with Crippen LogP contribution in [0.1, 0.15) is 16.9 Å². The van der Waals surface area contributed by atoms with Crippen LogP contribution in [0.15, 0.2) is 46.1 Å². The van der Waals surface area contributed by atoms with Crippen molar-refractivity contribution >= 4 is 23.7 Å². The maximum atomic E-state index is 11.7. The highest BCUT2D eigenvalue weighted by Gasteiger charge is 2.13. The second-order valence-electron chi connectivity index (χ2n) is 4.49. The number of nitrogens with one attached hydrogen (secondary N) is 2. The van der Waals surface area contributed by atoms with Gasteiger partial charge in [0, 0.05) is 5.69 Å². The summed E-state index contributed by atoms with van der Waals surface area (Å²) < 4.78 is 5.00. The van der Waals surface area contributed by atoms with E-state index in [9.17, 15) is 9.59 Å². The van der Waals surface area contributed by atoms with Crippen LogP contribution in [0.5, 0.6) is 0 Å². The number of nitrogens with zero attached hydrogens (tertiary/aromatic N) is 1. The molecule has 6 nitrogen and oxygen atoms in total. The fourth-order valence-electron chi connectivity index (χ4n) is 1.62. The van der Waals surface area contributed by atoms with Crippen LogP contribution in [0.4, 0.5) is 5.69 Å². The molecule has 1 heterocycles. The monoisotopic (exact) mass is 285 g/mol. The lowest BCUT2D eigenvalue weighted by Crippen LogP contribution is -2.32. The number of rotatable bonds is 3. The summed E-state index contributed by atoms with van der Waals surface area (Å²) in [7, 11) is 0. The zero-order valence-corrected chi connectivity index (χ0v) is 11.7. The van der Waals surface area contributed by atoms with Crippen LogP contribution in [0.25, 0.3) is 0 Å². The van der Waals surface area contributed by atoms with E-state index in [4.69, 9.17) is 4.42 Å². The van der Waals surface area contributed by atoms with E-state index in [-0.39, 0.29) is 0 Å². The van der Waals surface area contributed by atoms with Crippen molar-refractivity contribution in [2.75, 3.05) is 5.32 Å². The average molecular weight is 285 g/mol. The van der Waals surface area contributed by atoms with E-state index in [0.717, 1.165) is 11.1 Å². The number of hydrogen-bond donors (Lipinski definition) is 2. The summed E-state index contributed by atoms with van der Waals surface area (Å²) >= 11 is 0. The van der Waals surface area contributed by atoms with Gasteiger partial charge in [-0.05, 0) is 43.2 Å². The fourth-order valence-corrected chi connectivity index (χ4v) is 1.62. The molecule has 0 aliphatic rings. The summed E-state index contributed by atoms with van der Waals surface area (Å²) in [6, 6.07) is 8.96. The lowest BCUT2D eigenvalue weighted by Gasteiger charge is -2.08. The number of carbonyl (C=O) groups excluding carboxylic acids is 2. The molecule has 0 aliphatic heterocycles. The van der Waals surface area contributed by atoms with E-state index in [1.807, 2.05) is 26.0 Å². The molecule has 0 fully saturated rings. The maximum Gasteiger partial charge on any atom is 0.329 e. The van der Waals surface area contributed by atoms with Crippen LogP contribution in [0.3, 0.4) is 0 Å². The van der Waals surface area contributed by atoms with Gasteiger partial charge < -0.3 is 9.73 Å². The highest BCUT2D eigenvalue weighted by atomic mass is 16.3. The van der Waals surface area contributed by atoms with Crippen molar-refractivity contribution in [1.29, 1.82) is 0 Å². The second-order valence-corrected chi connectivity index (χ2v) is 4.49. The SMILES string of the molecule is Cc1ccc(C)c(NC(=O)C(=O)N/N=C\c2ccco2)c1. The normalized spacial score (nSPS) is 10.6. The van der Waals surface area contributed by atoms with Crippen LogP contribution in [0, 0.1) is 13.8 Å². The van der Waals surface area contributed by atoms with Crippen LogP contribution in [-0.2, 0) is 9.59 Å². The summed E-state index contributed by atoms with van der Waals surface area (Å²) in [6.07, 6.45) is 2.79. The van der Waals surface area contributed by atoms with Gasteiger partial charge in [0.2, 0.25) is 0 Å². The van der Waals surface area contributed by atoms with Crippen LogP contribution in [-0.4, -0.2) is 18.0 Å². The van der Waals surface area contributed by atoms with E-state index in [0.29, 0.717) is 11.4 Å². The Morgan fingerprint density at radius 2 is 2.00 bits per heavy atom. The van der Waals surface area contributed by atoms with E-state index < -0.39 is 11.8 Å². The maximum absolute atomic E-state index is 11.7. The molecule has 2 N–H and O–H groups in total. The quantitative estimate of drug-likeness (QED) is 0.514. The predicted octanol–water partition coefficient (Wildman–Crippen LogP) is 1.99. The molecule has 0 spiro atoms. The number of hydrazone groups is 1. The third-order valence-corrected chi connectivity index (χ3v) is 2.75. The van der Waals surface area contributed by atoms with Crippen molar-refractivity contribution in [1.82, 2.24) is 5.43 Å². The molecule has 0 aliphatic carbocycles. The molecule has 0 saturated carbocycles. The Bertz CT molecular complexity index is 675. The van der Waals surface area contributed by atoms with E-state index >= 15 is 0 Å². The average Bonchev–Trinajstić information content (AvgIpc) is 2.96. The predicted molar refractivity (Wildman–Crippen MR) is 79.0 cm³/mol. The van der Waals surface area contributed by atoms with E-state index in [1.54, 1.807) is 18.2 Å². The first-order chi connectivity index (χ1) is 10.1. The topological polar surface area (TPSA) is 83.7 Å². The number of furan rings is 1. The van der Waals surface area contributed by atoms with Crippen molar-refractivity contribution < 1.29 is 14.0 Å². The molecule has 108 valence electrons. The van der Waals surface area contributed by atoms with Crippen molar-refractivity contribution in [2.24, 2.45) is 5.10 Å². The lowest BCUT2D eigenvalue weighted by molar-refractivity contribution is -0.136. The minimum atomic E-state index is -0.848. The first-order valence-electron chi connectivity index (χ1n) is 6.31. The van der Waals surface area contributed by atoms with Gasteiger partial charge in [-0.15, -0.1) is 0 Å². The summed E-state index contributed by atoms with van der Waals surface area (Å²) in [4.78, 5) is 23.4. The van der Waals surface area contributed by atoms with Gasteiger partial charge in [0.15, 0.2) is 0 Å². The molecule has 2 aromatic rings. The van der Waals surface area contributed by atoms with Crippen LogP contribution < -0.4 is 10.7 Å². The molecule has 1 aromatic heterocycles. The van der Waals surface area contributed by atoms with Gasteiger partial charge in [-0.3, -0.25) is 9.59 Å². The molecule has 0 saturated heterocycles.